The molecule has 0 spiro atoms. The quantitative estimate of drug-likeness (QED) is 0.745. The smallest absolute Gasteiger partial charge is 0.181 e. The molecule has 1 N–H and O–H groups in total. The van der Waals surface area contributed by atoms with E-state index in [1.807, 2.05) is 36.4 Å². The van der Waals surface area contributed by atoms with Gasteiger partial charge in [0.2, 0.25) is 0 Å². The predicted molar refractivity (Wildman–Crippen MR) is 68.5 cm³/mol. The summed E-state index contributed by atoms with van der Waals surface area (Å²) in [6.45, 7) is 0. The molecule has 3 rings (SSSR count). The van der Waals surface area contributed by atoms with Crippen LogP contribution >= 0.6 is 0 Å². The maximum absolute atomic E-state index is 9.44. The van der Waals surface area contributed by atoms with E-state index in [-0.39, 0.29) is 5.75 Å². The SMILES string of the molecule is Oc1cccc(-n2cnc(-c3ccccc3)n2)c1. The number of nitrogens with zero attached hydrogens (tertiary/aromatic N) is 3. The number of aromatic nitrogens is 3. The zero-order chi connectivity index (χ0) is 12.4. The lowest BCUT2D eigenvalue weighted by molar-refractivity contribution is 0.475. The van der Waals surface area contributed by atoms with Gasteiger partial charge in [0.05, 0.1) is 5.69 Å². The maximum Gasteiger partial charge on any atom is 0.181 e. The first-order chi connectivity index (χ1) is 8.83. The van der Waals surface area contributed by atoms with Gasteiger partial charge in [-0.2, -0.15) is 0 Å². The van der Waals surface area contributed by atoms with E-state index in [1.165, 1.54) is 0 Å². The van der Waals surface area contributed by atoms with Gasteiger partial charge < -0.3 is 5.11 Å². The van der Waals surface area contributed by atoms with Gasteiger partial charge in [-0.1, -0.05) is 36.4 Å². The molecule has 0 saturated heterocycles. The van der Waals surface area contributed by atoms with Gasteiger partial charge in [-0.3, -0.25) is 0 Å². The number of hydrogen-bond donors (Lipinski definition) is 1. The minimum absolute atomic E-state index is 0.212. The van der Waals surface area contributed by atoms with Gasteiger partial charge in [0.15, 0.2) is 5.82 Å². The zero-order valence-corrected chi connectivity index (χ0v) is 9.56. The number of phenolic OH excluding ortho intramolecular Hbond substituents is 1. The molecule has 0 fully saturated rings. The first kappa shape index (κ1) is 10.5. The fourth-order valence-corrected chi connectivity index (χ4v) is 1.74. The molecular weight excluding hydrogens is 226 g/mol. The monoisotopic (exact) mass is 237 g/mol. The van der Waals surface area contributed by atoms with Gasteiger partial charge in [-0.05, 0) is 12.1 Å². The summed E-state index contributed by atoms with van der Waals surface area (Å²) < 4.78 is 1.64. The van der Waals surface area contributed by atoms with Gasteiger partial charge in [-0.25, -0.2) is 9.67 Å². The number of hydrogen-bond acceptors (Lipinski definition) is 3. The van der Waals surface area contributed by atoms with E-state index in [1.54, 1.807) is 29.2 Å². The third kappa shape index (κ3) is 1.96. The van der Waals surface area contributed by atoms with E-state index in [0.717, 1.165) is 11.3 Å². The van der Waals surface area contributed by atoms with Crippen LogP contribution in [0.15, 0.2) is 60.9 Å². The fraction of sp³-hybridized carbons (Fsp3) is 0. The molecule has 0 bridgehead atoms. The molecule has 4 heteroatoms. The molecule has 88 valence electrons. The van der Waals surface area contributed by atoms with Crippen LogP contribution in [0, 0.1) is 0 Å². The molecule has 2 aromatic carbocycles. The highest BCUT2D eigenvalue weighted by Crippen LogP contribution is 2.17. The minimum Gasteiger partial charge on any atom is -0.508 e. The summed E-state index contributed by atoms with van der Waals surface area (Å²) in [6.07, 6.45) is 1.64. The summed E-state index contributed by atoms with van der Waals surface area (Å²) in [6, 6.07) is 16.7. The summed E-state index contributed by atoms with van der Waals surface area (Å²) in [5.74, 6) is 0.878. The van der Waals surface area contributed by atoms with Crippen molar-refractivity contribution in [3.63, 3.8) is 0 Å². The third-order valence-electron chi connectivity index (χ3n) is 2.62. The Balaban J connectivity index is 2.00. The highest BCUT2D eigenvalue weighted by atomic mass is 16.3. The average Bonchev–Trinajstić information content (AvgIpc) is 2.89. The standard InChI is InChI=1S/C14H11N3O/c18-13-8-4-7-12(9-13)17-10-15-14(16-17)11-5-2-1-3-6-11/h1-10,18H. The number of rotatable bonds is 2. The second-order valence-electron chi connectivity index (χ2n) is 3.90. The van der Waals surface area contributed by atoms with Crippen molar-refractivity contribution in [1.82, 2.24) is 14.8 Å². The average molecular weight is 237 g/mol. The molecular formula is C14H11N3O. The van der Waals surface area contributed by atoms with E-state index < -0.39 is 0 Å². The summed E-state index contributed by atoms with van der Waals surface area (Å²) in [4.78, 5) is 4.26. The van der Waals surface area contributed by atoms with E-state index in [2.05, 4.69) is 10.1 Å². The number of benzene rings is 2. The molecule has 0 amide bonds. The van der Waals surface area contributed by atoms with Crippen LogP contribution in [-0.4, -0.2) is 19.9 Å². The number of aromatic hydroxyl groups is 1. The summed E-state index contributed by atoms with van der Waals surface area (Å²) in [5, 5.41) is 13.8. The molecule has 0 aliphatic heterocycles. The van der Waals surface area contributed by atoms with Crippen LogP contribution in [0.2, 0.25) is 0 Å². The minimum atomic E-state index is 0.212. The molecule has 0 aliphatic carbocycles. The second kappa shape index (κ2) is 4.33. The van der Waals surface area contributed by atoms with E-state index in [9.17, 15) is 5.11 Å². The Labute approximate surface area is 104 Å². The van der Waals surface area contributed by atoms with Gasteiger partial charge in [0.25, 0.3) is 0 Å². The first-order valence-corrected chi connectivity index (χ1v) is 5.59. The normalized spacial score (nSPS) is 10.4. The molecule has 0 saturated carbocycles. The first-order valence-electron chi connectivity index (χ1n) is 5.59. The molecule has 0 aliphatic rings. The molecule has 1 aromatic heterocycles. The van der Waals surface area contributed by atoms with Crippen molar-refractivity contribution in [3.05, 3.63) is 60.9 Å². The van der Waals surface area contributed by atoms with Crippen LogP contribution in [0.5, 0.6) is 5.75 Å². The molecule has 1 heterocycles. The van der Waals surface area contributed by atoms with Crippen molar-refractivity contribution >= 4 is 0 Å². The van der Waals surface area contributed by atoms with Crippen LogP contribution in [0.1, 0.15) is 0 Å². The van der Waals surface area contributed by atoms with Crippen molar-refractivity contribution in [3.8, 4) is 22.8 Å². The van der Waals surface area contributed by atoms with Crippen LogP contribution < -0.4 is 0 Å². The van der Waals surface area contributed by atoms with Crippen molar-refractivity contribution in [2.75, 3.05) is 0 Å². The molecule has 0 radical (unpaired) electrons. The molecule has 0 atom stereocenters. The molecule has 3 aromatic rings. The lowest BCUT2D eigenvalue weighted by Gasteiger charge is -2.00. The lowest BCUT2D eigenvalue weighted by atomic mass is 10.2. The Bertz CT molecular complexity index is 662. The molecule has 18 heavy (non-hydrogen) atoms. The summed E-state index contributed by atoms with van der Waals surface area (Å²) >= 11 is 0. The Morgan fingerprint density at radius 3 is 2.56 bits per heavy atom. The van der Waals surface area contributed by atoms with Gasteiger partial charge in [0, 0.05) is 11.6 Å². The van der Waals surface area contributed by atoms with Gasteiger partial charge >= 0.3 is 0 Å². The van der Waals surface area contributed by atoms with Crippen molar-refractivity contribution in [2.45, 2.75) is 0 Å². The van der Waals surface area contributed by atoms with Crippen LogP contribution in [0.25, 0.3) is 17.1 Å². The Kier molecular flexibility index (Phi) is 2.53. The van der Waals surface area contributed by atoms with Crippen LogP contribution in [-0.2, 0) is 0 Å². The Hall–Kier alpha value is -2.62. The summed E-state index contributed by atoms with van der Waals surface area (Å²) in [7, 11) is 0. The number of phenols is 1. The van der Waals surface area contributed by atoms with Crippen molar-refractivity contribution in [2.24, 2.45) is 0 Å². The zero-order valence-electron chi connectivity index (χ0n) is 9.56. The predicted octanol–water partition coefficient (Wildman–Crippen LogP) is 2.64. The van der Waals surface area contributed by atoms with E-state index in [0.29, 0.717) is 5.82 Å². The molecule has 4 nitrogen and oxygen atoms in total. The maximum atomic E-state index is 9.44. The lowest BCUT2D eigenvalue weighted by Crippen LogP contribution is -1.94. The molecule has 0 unspecified atom stereocenters. The van der Waals surface area contributed by atoms with Crippen molar-refractivity contribution in [1.29, 1.82) is 0 Å². The highest BCUT2D eigenvalue weighted by molar-refractivity contribution is 5.54. The van der Waals surface area contributed by atoms with Gasteiger partial charge in [0.1, 0.15) is 12.1 Å². The van der Waals surface area contributed by atoms with E-state index in [4.69, 9.17) is 0 Å². The van der Waals surface area contributed by atoms with Gasteiger partial charge in [-0.15, -0.1) is 5.10 Å². The van der Waals surface area contributed by atoms with Crippen molar-refractivity contribution < 1.29 is 5.11 Å². The van der Waals surface area contributed by atoms with Crippen LogP contribution in [0.3, 0.4) is 0 Å². The Morgan fingerprint density at radius 2 is 1.78 bits per heavy atom. The highest BCUT2D eigenvalue weighted by Gasteiger charge is 2.05. The largest absolute Gasteiger partial charge is 0.508 e. The Morgan fingerprint density at radius 1 is 0.944 bits per heavy atom. The van der Waals surface area contributed by atoms with Crippen LogP contribution in [0.4, 0.5) is 0 Å². The third-order valence-corrected chi connectivity index (χ3v) is 2.62. The topological polar surface area (TPSA) is 50.9 Å². The van der Waals surface area contributed by atoms with E-state index >= 15 is 0 Å². The second-order valence-corrected chi connectivity index (χ2v) is 3.90. The summed E-state index contributed by atoms with van der Waals surface area (Å²) in [5.41, 5.74) is 1.75. The fourth-order valence-electron chi connectivity index (χ4n) is 1.74.